The number of carbonyl (C=O) groups is 2. The largest absolute Gasteiger partial charge is 0.489 e. The normalized spacial score (nSPS) is 15.1. The van der Waals surface area contributed by atoms with E-state index in [4.69, 9.17) is 21.7 Å². The molecule has 1 amide bonds. The fraction of sp³-hybridized carbons (Fsp3) is 0.227. The van der Waals surface area contributed by atoms with E-state index >= 15 is 0 Å². The highest BCUT2D eigenvalue weighted by Crippen LogP contribution is 2.32. The Bertz CT molecular complexity index is 910. The highest BCUT2D eigenvalue weighted by molar-refractivity contribution is 8.26. The third-order valence-electron chi connectivity index (χ3n) is 4.14. The van der Waals surface area contributed by atoms with Crippen molar-refractivity contribution in [1.29, 1.82) is 0 Å². The molecule has 2 aromatic rings. The minimum atomic E-state index is -0.336. The fourth-order valence-corrected chi connectivity index (χ4v) is 3.99. The number of carbonyl (C=O) groups excluding carboxylic acids is 2. The van der Waals surface area contributed by atoms with Crippen molar-refractivity contribution in [3.63, 3.8) is 0 Å². The molecule has 0 spiro atoms. The predicted molar refractivity (Wildman–Crippen MR) is 118 cm³/mol. The molecule has 0 atom stereocenters. The number of ether oxygens (including phenoxy) is 2. The smallest absolute Gasteiger partial charge is 0.307 e. The summed E-state index contributed by atoms with van der Waals surface area (Å²) >= 11 is 6.52. The lowest BCUT2D eigenvalue weighted by Gasteiger charge is -2.13. The third kappa shape index (κ3) is 5.92. The summed E-state index contributed by atoms with van der Waals surface area (Å²) in [5, 5.41) is 0. The van der Waals surface area contributed by atoms with Crippen molar-refractivity contribution in [2.24, 2.45) is 0 Å². The molecule has 0 radical (unpaired) electrons. The second-order valence-electron chi connectivity index (χ2n) is 6.23. The van der Waals surface area contributed by atoms with Crippen molar-refractivity contribution in [1.82, 2.24) is 4.90 Å². The number of rotatable bonds is 8. The summed E-state index contributed by atoms with van der Waals surface area (Å²) in [7, 11) is 0. The molecule has 150 valence electrons. The van der Waals surface area contributed by atoms with Crippen LogP contribution in [-0.2, 0) is 20.9 Å². The summed E-state index contributed by atoms with van der Waals surface area (Å²) < 4.78 is 11.1. The van der Waals surface area contributed by atoms with Crippen LogP contribution in [0, 0.1) is 0 Å². The van der Waals surface area contributed by atoms with Crippen LogP contribution >= 0.6 is 24.0 Å². The summed E-state index contributed by atoms with van der Waals surface area (Å²) in [5.74, 6) is 0.235. The van der Waals surface area contributed by atoms with E-state index in [-0.39, 0.29) is 24.8 Å². The SMILES string of the molecule is CCOC(=O)CCN1C(=O)/C(=C/c2ccc(OCc3ccccc3)cc2)SC1=S. The Labute approximate surface area is 179 Å². The van der Waals surface area contributed by atoms with Crippen LogP contribution < -0.4 is 4.74 Å². The molecule has 0 unspecified atom stereocenters. The minimum absolute atomic E-state index is 0.126. The summed E-state index contributed by atoms with van der Waals surface area (Å²) in [4.78, 5) is 26.1. The second kappa shape index (κ2) is 10.2. The lowest BCUT2D eigenvalue weighted by Crippen LogP contribution is -2.30. The molecule has 7 heteroatoms. The summed E-state index contributed by atoms with van der Waals surface area (Å²) in [6, 6.07) is 17.5. The van der Waals surface area contributed by atoms with Gasteiger partial charge in [0.2, 0.25) is 0 Å². The standard InChI is InChI=1S/C22H21NO4S2/c1-2-26-20(24)12-13-23-21(25)19(29-22(23)28)14-16-8-10-18(11-9-16)27-15-17-6-4-3-5-7-17/h3-11,14H,2,12-13,15H2,1H3/b19-14-. The van der Waals surface area contributed by atoms with Gasteiger partial charge in [0.05, 0.1) is 17.9 Å². The van der Waals surface area contributed by atoms with E-state index in [9.17, 15) is 9.59 Å². The molecule has 0 aromatic heterocycles. The quantitative estimate of drug-likeness (QED) is 0.353. The zero-order valence-electron chi connectivity index (χ0n) is 16.0. The monoisotopic (exact) mass is 427 g/mol. The molecule has 0 N–H and O–H groups in total. The molecule has 3 rings (SSSR count). The average molecular weight is 428 g/mol. The Morgan fingerprint density at radius 2 is 1.86 bits per heavy atom. The molecular weight excluding hydrogens is 406 g/mol. The molecule has 1 aliphatic rings. The molecule has 0 bridgehead atoms. The Hall–Kier alpha value is -2.64. The van der Waals surface area contributed by atoms with Crippen molar-refractivity contribution in [2.45, 2.75) is 20.0 Å². The molecule has 29 heavy (non-hydrogen) atoms. The van der Waals surface area contributed by atoms with E-state index in [0.717, 1.165) is 16.9 Å². The summed E-state index contributed by atoms with van der Waals surface area (Å²) in [6.45, 7) is 2.80. The van der Waals surface area contributed by atoms with Gasteiger partial charge in [-0.15, -0.1) is 0 Å². The number of hydrogen-bond donors (Lipinski definition) is 0. The first-order valence-corrected chi connectivity index (χ1v) is 10.5. The van der Waals surface area contributed by atoms with Gasteiger partial charge in [-0.3, -0.25) is 14.5 Å². The number of thioether (sulfide) groups is 1. The van der Waals surface area contributed by atoms with Gasteiger partial charge in [-0.25, -0.2) is 0 Å². The molecule has 2 aromatic carbocycles. The van der Waals surface area contributed by atoms with Gasteiger partial charge in [-0.1, -0.05) is 66.4 Å². The molecule has 1 aliphatic heterocycles. The lowest BCUT2D eigenvalue weighted by molar-refractivity contribution is -0.143. The van der Waals surface area contributed by atoms with Gasteiger partial charge in [-0.2, -0.15) is 0 Å². The van der Waals surface area contributed by atoms with Crippen LogP contribution in [0.3, 0.4) is 0 Å². The van der Waals surface area contributed by atoms with Gasteiger partial charge >= 0.3 is 5.97 Å². The van der Waals surface area contributed by atoms with E-state index in [1.807, 2.05) is 54.6 Å². The van der Waals surface area contributed by atoms with Gasteiger partial charge in [0, 0.05) is 6.54 Å². The first-order valence-electron chi connectivity index (χ1n) is 9.24. The van der Waals surface area contributed by atoms with Crippen LogP contribution in [0.25, 0.3) is 6.08 Å². The van der Waals surface area contributed by atoms with E-state index in [2.05, 4.69) is 0 Å². The Kier molecular flexibility index (Phi) is 7.43. The van der Waals surface area contributed by atoms with Crippen molar-refractivity contribution in [2.75, 3.05) is 13.2 Å². The number of esters is 1. The Morgan fingerprint density at radius 3 is 2.55 bits per heavy atom. The van der Waals surface area contributed by atoms with Crippen LogP contribution in [0.2, 0.25) is 0 Å². The van der Waals surface area contributed by atoms with Crippen LogP contribution in [0.15, 0.2) is 59.5 Å². The van der Waals surface area contributed by atoms with Crippen LogP contribution in [-0.4, -0.2) is 34.2 Å². The van der Waals surface area contributed by atoms with Crippen LogP contribution in [0.4, 0.5) is 0 Å². The zero-order valence-corrected chi connectivity index (χ0v) is 17.6. The van der Waals surface area contributed by atoms with Gasteiger partial charge in [0.25, 0.3) is 5.91 Å². The number of nitrogens with zero attached hydrogens (tertiary/aromatic N) is 1. The van der Waals surface area contributed by atoms with E-state index < -0.39 is 0 Å². The molecule has 1 heterocycles. The maximum atomic E-state index is 12.6. The van der Waals surface area contributed by atoms with Crippen molar-refractivity contribution >= 4 is 46.3 Å². The molecule has 1 saturated heterocycles. The number of benzene rings is 2. The average Bonchev–Trinajstić information content (AvgIpc) is 2.99. The third-order valence-corrected chi connectivity index (χ3v) is 5.52. The Balaban J connectivity index is 1.58. The number of amides is 1. The highest BCUT2D eigenvalue weighted by atomic mass is 32.2. The number of hydrogen-bond acceptors (Lipinski definition) is 6. The second-order valence-corrected chi connectivity index (χ2v) is 7.91. The van der Waals surface area contributed by atoms with Gasteiger partial charge in [-0.05, 0) is 36.3 Å². The van der Waals surface area contributed by atoms with Crippen LogP contribution in [0.5, 0.6) is 5.75 Å². The molecule has 1 fully saturated rings. The van der Waals surface area contributed by atoms with E-state index in [1.165, 1.54) is 16.7 Å². The molecule has 0 saturated carbocycles. The van der Waals surface area contributed by atoms with E-state index in [0.29, 0.717) is 22.4 Å². The molecule has 5 nitrogen and oxygen atoms in total. The topological polar surface area (TPSA) is 55.8 Å². The van der Waals surface area contributed by atoms with Gasteiger partial charge < -0.3 is 9.47 Å². The Morgan fingerprint density at radius 1 is 1.14 bits per heavy atom. The number of thiocarbonyl (C=S) groups is 1. The predicted octanol–water partition coefficient (Wildman–Crippen LogP) is 4.42. The first-order chi connectivity index (χ1) is 14.1. The van der Waals surface area contributed by atoms with Gasteiger partial charge in [0.15, 0.2) is 0 Å². The zero-order chi connectivity index (χ0) is 20.6. The fourth-order valence-electron chi connectivity index (χ4n) is 2.68. The van der Waals surface area contributed by atoms with Crippen molar-refractivity contribution in [3.05, 3.63) is 70.6 Å². The maximum absolute atomic E-state index is 12.6. The summed E-state index contributed by atoms with van der Waals surface area (Å²) in [6.07, 6.45) is 1.92. The van der Waals surface area contributed by atoms with E-state index in [1.54, 1.807) is 13.0 Å². The first kappa shape index (κ1) is 21.1. The van der Waals surface area contributed by atoms with Gasteiger partial charge in [0.1, 0.15) is 16.7 Å². The minimum Gasteiger partial charge on any atom is -0.489 e. The molecule has 0 aliphatic carbocycles. The van der Waals surface area contributed by atoms with Crippen molar-refractivity contribution < 1.29 is 19.1 Å². The maximum Gasteiger partial charge on any atom is 0.307 e. The van der Waals surface area contributed by atoms with Crippen LogP contribution in [0.1, 0.15) is 24.5 Å². The lowest BCUT2D eigenvalue weighted by atomic mass is 10.2. The molecular formula is C22H21NO4S2. The summed E-state index contributed by atoms with van der Waals surface area (Å²) in [5.41, 5.74) is 1.98. The van der Waals surface area contributed by atoms with Crippen molar-refractivity contribution in [3.8, 4) is 5.75 Å². The highest BCUT2D eigenvalue weighted by Gasteiger charge is 2.32.